The van der Waals surface area contributed by atoms with Crippen molar-refractivity contribution < 1.29 is 19.4 Å². The van der Waals surface area contributed by atoms with Crippen LogP contribution < -0.4 is 4.74 Å². The number of hydrogen-bond donors (Lipinski definition) is 1. The van der Waals surface area contributed by atoms with E-state index in [1.165, 1.54) is 5.56 Å². The van der Waals surface area contributed by atoms with Crippen molar-refractivity contribution in [2.75, 3.05) is 13.2 Å². The number of rotatable bonds is 12. The summed E-state index contributed by atoms with van der Waals surface area (Å²) in [6.45, 7) is 3.63. The van der Waals surface area contributed by atoms with Crippen LogP contribution in [0.3, 0.4) is 0 Å². The molecule has 0 heterocycles. The van der Waals surface area contributed by atoms with Crippen molar-refractivity contribution in [3.63, 3.8) is 0 Å². The zero-order chi connectivity index (χ0) is 16.5. The predicted molar refractivity (Wildman–Crippen MR) is 89.8 cm³/mol. The first-order valence-corrected chi connectivity index (χ1v) is 8.75. The van der Waals surface area contributed by atoms with Crippen molar-refractivity contribution in [3.05, 3.63) is 29.8 Å². The second kappa shape index (κ2) is 8.92. The number of aliphatic carboxylic acids is 1. The van der Waals surface area contributed by atoms with Crippen LogP contribution >= 0.6 is 0 Å². The quantitative estimate of drug-likeness (QED) is 0.575. The van der Waals surface area contributed by atoms with Gasteiger partial charge in [0.05, 0.1) is 12.2 Å². The largest absolute Gasteiger partial charge is 0.494 e. The van der Waals surface area contributed by atoms with Gasteiger partial charge in [0.2, 0.25) is 0 Å². The van der Waals surface area contributed by atoms with Gasteiger partial charge in [-0.3, -0.25) is 4.79 Å². The van der Waals surface area contributed by atoms with E-state index in [0.29, 0.717) is 6.61 Å². The number of carboxylic acids is 1. The summed E-state index contributed by atoms with van der Waals surface area (Å²) in [6, 6.07) is 8.28. The van der Waals surface area contributed by atoms with Gasteiger partial charge in [-0.1, -0.05) is 31.9 Å². The Morgan fingerprint density at radius 3 is 2.43 bits per heavy atom. The van der Waals surface area contributed by atoms with Crippen LogP contribution in [0.2, 0.25) is 0 Å². The fourth-order valence-electron chi connectivity index (χ4n) is 2.64. The maximum atomic E-state index is 10.5. The molecular weight excluding hydrogens is 292 g/mol. The smallest absolute Gasteiger partial charge is 0.303 e. The maximum absolute atomic E-state index is 10.5. The van der Waals surface area contributed by atoms with E-state index in [-0.39, 0.29) is 12.0 Å². The van der Waals surface area contributed by atoms with Crippen molar-refractivity contribution in [2.45, 2.75) is 63.9 Å². The number of benzene rings is 1. The Bertz CT molecular complexity index is 477. The third kappa shape index (κ3) is 5.87. The fourth-order valence-corrected chi connectivity index (χ4v) is 2.64. The first-order chi connectivity index (χ1) is 11.2. The van der Waals surface area contributed by atoms with Crippen LogP contribution in [0, 0.1) is 0 Å². The minimum Gasteiger partial charge on any atom is -0.494 e. The SMILES string of the molecule is CCCCOc1ccc(C2(OCCCCCC(=O)O)CC2)cc1. The molecule has 1 aliphatic carbocycles. The molecule has 0 spiro atoms. The van der Waals surface area contributed by atoms with Gasteiger partial charge in [0, 0.05) is 13.0 Å². The minimum absolute atomic E-state index is 0.102. The molecule has 0 aromatic heterocycles. The average Bonchev–Trinajstić information content (AvgIpc) is 3.32. The standard InChI is InChI=1S/C19H28O4/c1-2-3-14-22-17-10-8-16(9-11-17)19(12-13-19)23-15-6-4-5-7-18(20)21/h8-11H,2-7,12-15H2,1H3,(H,20,21). The van der Waals surface area contributed by atoms with Crippen molar-refractivity contribution in [3.8, 4) is 5.75 Å². The lowest BCUT2D eigenvalue weighted by Gasteiger charge is -2.17. The molecule has 0 radical (unpaired) electrons. The van der Waals surface area contributed by atoms with Crippen molar-refractivity contribution >= 4 is 5.97 Å². The molecule has 0 unspecified atom stereocenters. The molecule has 0 aliphatic heterocycles. The van der Waals surface area contributed by atoms with Gasteiger partial charge in [-0.25, -0.2) is 0 Å². The molecule has 1 aliphatic rings. The highest BCUT2D eigenvalue weighted by molar-refractivity contribution is 5.66. The fraction of sp³-hybridized carbons (Fsp3) is 0.632. The Hall–Kier alpha value is -1.55. The molecule has 1 N–H and O–H groups in total. The number of unbranched alkanes of at least 4 members (excludes halogenated alkanes) is 3. The van der Waals surface area contributed by atoms with Gasteiger partial charge in [0.25, 0.3) is 0 Å². The molecule has 1 fully saturated rings. The molecule has 1 aromatic carbocycles. The van der Waals surface area contributed by atoms with Crippen LogP contribution in [0.25, 0.3) is 0 Å². The number of carboxylic acid groups (broad SMARTS) is 1. The summed E-state index contributed by atoms with van der Waals surface area (Å²) in [5, 5.41) is 8.61. The highest BCUT2D eigenvalue weighted by Gasteiger charge is 2.45. The molecule has 0 saturated heterocycles. The van der Waals surface area contributed by atoms with E-state index in [2.05, 4.69) is 19.1 Å². The van der Waals surface area contributed by atoms with Crippen LogP contribution in [-0.2, 0) is 15.1 Å². The van der Waals surface area contributed by atoms with Crippen LogP contribution in [0.1, 0.15) is 63.9 Å². The first-order valence-electron chi connectivity index (χ1n) is 8.75. The Labute approximate surface area is 138 Å². The summed E-state index contributed by atoms with van der Waals surface area (Å²) >= 11 is 0. The van der Waals surface area contributed by atoms with Crippen molar-refractivity contribution in [1.82, 2.24) is 0 Å². The topological polar surface area (TPSA) is 55.8 Å². The lowest BCUT2D eigenvalue weighted by atomic mass is 10.1. The van der Waals surface area contributed by atoms with Crippen LogP contribution in [0.15, 0.2) is 24.3 Å². The third-order valence-corrected chi connectivity index (χ3v) is 4.26. The summed E-state index contributed by atoms with van der Waals surface area (Å²) < 4.78 is 11.8. The molecule has 128 valence electrons. The lowest BCUT2D eigenvalue weighted by molar-refractivity contribution is -0.137. The Balaban J connectivity index is 1.71. The normalized spacial score (nSPS) is 15.3. The summed E-state index contributed by atoms with van der Waals surface area (Å²) in [5.74, 6) is 0.206. The van der Waals surface area contributed by atoms with Gasteiger partial charge in [0.15, 0.2) is 0 Å². The average molecular weight is 320 g/mol. The Morgan fingerprint density at radius 1 is 1.09 bits per heavy atom. The van der Waals surface area contributed by atoms with E-state index in [1.807, 2.05) is 12.1 Å². The van der Waals surface area contributed by atoms with Gasteiger partial charge in [0.1, 0.15) is 5.75 Å². The Morgan fingerprint density at radius 2 is 1.83 bits per heavy atom. The van der Waals surface area contributed by atoms with Crippen LogP contribution in [-0.4, -0.2) is 24.3 Å². The highest BCUT2D eigenvalue weighted by Crippen LogP contribution is 2.49. The second-order valence-corrected chi connectivity index (χ2v) is 6.27. The molecule has 0 amide bonds. The monoisotopic (exact) mass is 320 g/mol. The van der Waals surface area contributed by atoms with E-state index in [4.69, 9.17) is 14.6 Å². The zero-order valence-electron chi connectivity index (χ0n) is 14.1. The molecule has 4 nitrogen and oxygen atoms in total. The molecule has 0 bridgehead atoms. The molecule has 1 aromatic rings. The van der Waals surface area contributed by atoms with Crippen molar-refractivity contribution in [2.24, 2.45) is 0 Å². The van der Waals surface area contributed by atoms with E-state index < -0.39 is 5.97 Å². The highest BCUT2D eigenvalue weighted by atomic mass is 16.5. The predicted octanol–water partition coefficient (Wildman–Crippen LogP) is 4.52. The maximum Gasteiger partial charge on any atom is 0.303 e. The van der Waals surface area contributed by atoms with Crippen molar-refractivity contribution in [1.29, 1.82) is 0 Å². The minimum atomic E-state index is -0.717. The lowest BCUT2D eigenvalue weighted by Crippen LogP contribution is -2.13. The van der Waals surface area contributed by atoms with Crippen LogP contribution in [0.5, 0.6) is 5.75 Å². The second-order valence-electron chi connectivity index (χ2n) is 6.27. The summed E-state index contributed by atoms with van der Waals surface area (Å²) in [6.07, 6.45) is 7.18. The molecule has 4 heteroatoms. The number of hydrogen-bond acceptors (Lipinski definition) is 3. The third-order valence-electron chi connectivity index (χ3n) is 4.26. The summed E-state index contributed by atoms with van der Waals surface area (Å²) in [5.41, 5.74) is 1.13. The number of ether oxygens (including phenoxy) is 2. The van der Waals surface area contributed by atoms with Gasteiger partial charge >= 0.3 is 5.97 Å². The van der Waals surface area contributed by atoms with E-state index >= 15 is 0 Å². The first kappa shape index (κ1) is 17.8. The zero-order valence-corrected chi connectivity index (χ0v) is 14.1. The molecule has 23 heavy (non-hydrogen) atoms. The molecular formula is C19H28O4. The summed E-state index contributed by atoms with van der Waals surface area (Å²) in [7, 11) is 0. The van der Waals surface area contributed by atoms with Gasteiger partial charge in [-0.05, 0) is 49.8 Å². The van der Waals surface area contributed by atoms with Gasteiger partial charge in [-0.15, -0.1) is 0 Å². The molecule has 1 saturated carbocycles. The van der Waals surface area contributed by atoms with E-state index in [1.54, 1.807) is 0 Å². The van der Waals surface area contributed by atoms with E-state index in [0.717, 1.165) is 57.3 Å². The van der Waals surface area contributed by atoms with E-state index in [9.17, 15) is 4.79 Å². The number of carbonyl (C=O) groups is 1. The Kier molecular flexibility index (Phi) is 6.90. The van der Waals surface area contributed by atoms with Gasteiger partial charge < -0.3 is 14.6 Å². The summed E-state index contributed by atoms with van der Waals surface area (Å²) in [4.78, 5) is 10.5. The molecule has 0 atom stereocenters. The van der Waals surface area contributed by atoms with Gasteiger partial charge in [-0.2, -0.15) is 0 Å². The van der Waals surface area contributed by atoms with Crippen LogP contribution in [0.4, 0.5) is 0 Å². The molecule has 2 rings (SSSR count).